The molecule has 1 aromatic heterocycles. The number of aromatic nitrogens is 1. The summed E-state index contributed by atoms with van der Waals surface area (Å²) in [7, 11) is 0. The molecule has 0 aliphatic heterocycles. The number of hydrogen-bond acceptors (Lipinski definition) is 3. The van der Waals surface area contributed by atoms with Crippen molar-refractivity contribution in [2.75, 3.05) is 11.6 Å². The second kappa shape index (κ2) is 5.97. The number of nitrogens with one attached hydrogen (secondary N) is 1. The molecule has 21 heavy (non-hydrogen) atoms. The SMILES string of the molecule is CSc1ccc(C(=O)Nc2cccc3cccnc23)cc1. The van der Waals surface area contributed by atoms with Gasteiger partial charge in [-0.2, -0.15) is 0 Å². The minimum atomic E-state index is -0.124. The van der Waals surface area contributed by atoms with Crippen LogP contribution in [0.25, 0.3) is 10.9 Å². The summed E-state index contributed by atoms with van der Waals surface area (Å²) in [6.07, 6.45) is 3.74. The Bertz CT molecular complexity index is 779. The second-order valence-electron chi connectivity index (χ2n) is 4.56. The summed E-state index contributed by atoms with van der Waals surface area (Å²) in [5.41, 5.74) is 2.17. The van der Waals surface area contributed by atoms with Crippen LogP contribution in [0.2, 0.25) is 0 Å². The van der Waals surface area contributed by atoms with Crippen molar-refractivity contribution in [1.29, 1.82) is 0 Å². The van der Waals surface area contributed by atoms with E-state index in [0.717, 1.165) is 21.5 Å². The molecule has 4 heteroatoms. The summed E-state index contributed by atoms with van der Waals surface area (Å²) in [5, 5.41) is 3.94. The number of anilines is 1. The minimum absolute atomic E-state index is 0.124. The van der Waals surface area contributed by atoms with Crippen LogP contribution in [0.5, 0.6) is 0 Å². The number of carbonyl (C=O) groups excluding carboxylic acids is 1. The Morgan fingerprint density at radius 3 is 2.57 bits per heavy atom. The number of thioether (sulfide) groups is 1. The van der Waals surface area contributed by atoms with Gasteiger partial charge < -0.3 is 5.32 Å². The lowest BCUT2D eigenvalue weighted by Crippen LogP contribution is -2.12. The van der Waals surface area contributed by atoms with E-state index in [2.05, 4.69) is 10.3 Å². The molecule has 0 radical (unpaired) electrons. The van der Waals surface area contributed by atoms with E-state index in [9.17, 15) is 4.79 Å². The third kappa shape index (κ3) is 2.90. The maximum Gasteiger partial charge on any atom is 0.255 e. The largest absolute Gasteiger partial charge is 0.320 e. The molecule has 104 valence electrons. The number of pyridine rings is 1. The molecule has 0 fully saturated rings. The van der Waals surface area contributed by atoms with Gasteiger partial charge in [-0.1, -0.05) is 18.2 Å². The number of fused-ring (bicyclic) bond motifs is 1. The molecule has 0 bridgehead atoms. The topological polar surface area (TPSA) is 42.0 Å². The van der Waals surface area contributed by atoms with E-state index >= 15 is 0 Å². The number of benzene rings is 2. The Balaban J connectivity index is 1.89. The van der Waals surface area contributed by atoms with Crippen LogP contribution < -0.4 is 5.32 Å². The predicted octanol–water partition coefficient (Wildman–Crippen LogP) is 4.21. The highest BCUT2D eigenvalue weighted by atomic mass is 32.2. The van der Waals surface area contributed by atoms with Gasteiger partial charge in [-0.3, -0.25) is 9.78 Å². The molecule has 2 aromatic carbocycles. The molecule has 1 N–H and O–H groups in total. The number of amides is 1. The van der Waals surface area contributed by atoms with Crippen LogP contribution in [-0.2, 0) is 0 Å². The summed E-state index contributed by atoms with van der Waals surface area (Å²) < 4.78 is 0. The summed E-state index contributed by atoms with van der Waals surface area (Å²) in [5.74, 6) is -0.124. The lowest BCUT2D eigenvalue weighted by Gasteiger charge is -2.08. The molecule has 0 atom stereocenters. The molecule has 0 unspecified atom stereocenters. The number of hydrogen-bond donors (Lipinski definition) is 1. The van der Waals surface area contributed by atoms with Gasteiger partial charge in [0.2, 0.25) is 0 Å². The van der Waals surface area contributed by atoms with Gasteiger partial charge in [0.25, 0.3) is 5.91 Å². The molecule has 0 saturated carbocycles. The van der Waals surface area contributed by atoms with Crippen LogP contribution in [0.3, 0.4) is 0 Å². The standard InChI is InChI=1S/C17H14N2OS/c1-21-14-9-7-13(8-10-14)17(20)19-15-6-2-4-12-5-3-11-18-16(12)15/h2-11H,1H3,(H,19,20). The summed E-state index contributed by atoms with van der Waals surface area (Å²) in [6, 6.07) is 17.2. The molecule has 1 heterocycles. The molecule has 3 aromatic rings. The number of nitrogens with zero attached hydrogens (tertiary/aromatic N) is 1. The van der Waals surface area contributed by atoms with Crippen LogP contribution in [0, 0.1) is 0 Å². The van der Waals surface area contributed by atoms with Gasteiger partial charge in [0.1, 0.15) is 0 Å². The van der Waals surface area contributed by atoms with Crippen LogP contribution in [0.15, 0.2) is 65.7 Å². The van der Waals surface area contributed by atoms with Crippen LogP contribution in [0.1, 0.15) is 10.4 Å². The first-order valence-electron chi connectivity index (χ1n) is 6.57. The molecule has 1 amide bonds. The van der Waals surface area contributed by atoms with Crippen molar-refractivity contribution in [1.82, 2.24) is 4.98 Å². The van der Waals surface area contributed by atoms with E-state index in [0.29, 0.717) is 5.56 Å². The molecular formula is C17H14N2OS. The molecule has 3 nitrogen and oxygen atoms in total. The fraction of sp³-hybridized carbons (Fsp3) is 0.0588. The van der Waals surface area contributed by atoms with Gasteiger partial charge in [0, 0.05) is 22.0 Å². The van der Waals surface area contributed by atoms with Crippen molar-refractivity contribution in [2.24, 2.45) is 0 Å². The lowest BCUT2D eigenvalue weighted by atomic mass is 10.1. The zero-order valence-electron chi connectivity index (χ0n) is 11.5. The maximum atomic E-state index is 12.3. The van der Waals surface area contributed by atoms with E-state index in [-0.39, 0.29) is 5.91 Å². The fourth-order valence-electron chi connectivity index (χ4n) is 2.14. The minimum Gasteiger partial charge on any atom is -0.320 e. The Morgan fingerprint density at radius 2 is 1.81 bits per heavy atom. The van der Waals surface area contributed by atoms with Gasteiger partial charge in [-0.15, -0.1) is 11.8 Å². The number of para-hydroxylation sites is 1. The van der Waals surface area contributed by atoms with Crippen LogP contribution >= 0.6 is 11.8 Å². The molecule has 0 aliphatic carbocycles. The van der Waals surface area contributed by atoms with Gasteiger partial charge >= 0.3 is 0 Å². The van der Waals surface area contributed by atoms with Gasteiger partial charge in [-0.05, 0) is 42.7 Å². The highest BCUT2D eigenvalue weighted by Gasteiger charge is 2.08. The van der Waals surface area contributed by atoms with E-state index in [1.165, 1.54) is 0 Å². The Kier molecular flexibility index (Phi) is 3.88. The highest BCUT2D eigenvalue weighted by molar-refractivity contribution is 7.98. The first-order chi connectivity index (χ1) is 10.3. The zero-order valence-corrected chi connectivity index (χ0v) is 12.4. The molecule has 0 spiro atoms. The monoisotopic (exact) mass is 294 g/mol. The Labute approximate surface area is 127 Å². The van der Waals surface area contributed by atoms with Gasteiger partial charge in [0.05, 0.1) is 11.2 Å². The summed E-state index contributed by atoms with van der Waals surface area (Å²) in [6.45, 7) is 0. The summed E-state index contributed by atoms with van der Waals surface area (Å²) in [4.78, 5) is 17.8. The average Bonchev–Trinajstić information content (AvgIpc) is 2.55. The molecular weight excluding hydrogens is 280 g/mol. The second-order valence-corrected chi connectivity index (χ2v) is 5.44. The Morgan fingerprint density at radius 1 is 1.05 bits per heavy atom. The quantitative estimate of drug-likeness (QED) is 0.736. The van der Waals surface area contributed by atoms with Crippen molar-refractivity contribution in [2.45, 2.75) is 4.90 Å². The van der Waals surface area contributed by atoms with E-state index < -0.39 is 0 Å². The normalized spacial score (nSPS) is 10.5. The number of rotatable bonds is 3. The molecule has 0 saturated heterocycles. The first-order valence-corrected chi connectivity index (χ1v) is 7.79. The smallest absolute Gasteiger partial charge is 0.255 e. The van der Waals surface area contributed by atoms with Crippen LogP contribution in [0.4, 0.5) is 5.69 Å². The highest BCUT2D eigenvalue weighted by Crippen LogP contribution is 2.22. The molecule has 3 rings (SSSR count). The van der Waals surface area contributed by atoms with Crippen molar-refractivity contribution < 1.29 is 4.79 Å². The van der Waals surface area contributed by atoms with Crippen molar-refractivity contribution in [3.8, 4) is 0 Å². The van der Waals surface area contributed by atoms with Crippen molar-refractivity contribution >= 4 is 34.3 Å². The number of carbonyl (C=O) groups is 1. The Hall–Kier alpha value is -2.33. The van der Waals surface area contributed by atoms with Gasteiger partial charge in [0.15, 0.2) is 0 Å². The van der Waals surface area contributed by atoms with E-state index in [1.54, 1.807) is 18.0 Å². The lowest BCUT2D eigenvalue weighted by molar-refractivity contribution is 0.102. The fourth-order valence-corrected chi connectivity index (χ4v) is 2.55. The third-order valence-corrected chi connectivity index (χ3v) is 3.98. The first kappa shape index (κ1) is 13.6. The third-order valence-electron chi connectivity index (χ3n) is 3.23. The van der Waals surface area contributed by atoms with Crippen molar-refractivity contribution in [3.05, 3.63) is 66.4 Å². The van der Waals surface area contributed by atoms with Crippen molar-refractivity contribution in [3.63, 3.8) is 0 Å². The average molecular weight is 294 g/mol. The van der Waals surface area contributed by atoms with Gasteiger partial charge in [-0.25, -0.2) is 0 Å². The molecule has 0 aliphatic rings. The van der Waals surface area contributed by atoms with Crippen LogP contribution in [-0.4, -0.2) is 17.1 Å². The summed E-state index contributed by atoms with van der Waals surface area (Å²) >= 11 is 1.65. The zero-order chi connectivity index (χ0) is 14.7. The predicted molar refractivity (Wildman–Crippen MR) is 87.9 cm³/mol. The maximum absolute atomic E-state index is 12.3. The van der Waals surface area contributed by atoms with E-state index in [1.807, 2.05) is 60.9 Å². The van der Waals surface area contributed by atoms with E-state index in [4.69, 9.17) is 0 Å².